The number of para-hydroxylation sites is 6. The maximum atomic E-state index is 5.58. The molecular weight excluding hydrogens is 613 g/mol. The Balaban J connectivity index is 1.42. The van der Waals surface area contributed by atoms with Gasteiger partial charge in [0.05, 0.1) is 22.4 Å². The Morgan fingerprint density at radius 2 is 0.620 bits per heavy atom. The van der Waals surface area contributed by atoms with Gasteiger partial charge in [-0.25, -0.2) is 20.0 Å². The van der Waals surface area contributed by atoms with Gasteiger partial charge in [0.1, 0.15) is 11.4 Å². The van der Waals surface area contributed by atoms with Crippen molar-refractivity contribution in [3.05, 3.63) is 193 Å². The summed E-state index contributed by atoms with van der Waals surface area (Å²) < 4.78 is 0. The fourth-order valence-electron chi connectivity index (χ4n) is 6.45. The summed E-state index contributed by atoms with van der Waals surface area (Å²) in [6.45, 7) is 0. The van der Waals surface area contributed by atoms with Gasteiger partial charge in [0, 0.05) is 33.5 Å². The lowest BCUT2D eigenvalue weighted by Gasteiger charge is -2.30. The summed E-state index contributed by atoms with van der Waals surface area (Å²) >= 11 is 0. The van der Waals surface area contributed by atoms with E-state index in [1.807, 2.05) is 109 Å². The van der Waals surface area contributed by atoms with Gasteiger partial charge >= 0.3 is 0 Å². The highest BCUT2D eigenvalue weighted by Gasteiger charge is 2.30. The summed E-state index contributed by atoms with van der Waals surface area (Å²) in [7, 11) is 0. The lowest BCUT2D eigenvalue weighted by atomic mass is 10.1. The molecule has 0 amide bonds. The highest BCUT2D eigenvalue weighted by Crippen LogP contribution is 2.39. The third kappa shape index (κ3) is 5.35. The van der Waals surface area contributed by atoms with Crippen molar-refractivity contribution in [2.24, 2.45) is 9.98 Å². The highest BCUT2D eigenvalue weighted by molar-refractivity contribution is 6.23. The predicted octanol–water partition coefficient (Wildman–Crippen LogP) is 10.9. The smallest absolute Gasteiger partial charge is 0.166 e. The molecule has 1 aliphatic heterocycles. The molecule has 0 aliphatic carbocycles. The number of rotatable bonds is 4. The van der Waals surface area contributed by atoms with Gasteiger partial charge in [0.2, 0.25) is 0 Å². The number of hydrogen-bond acceptors (Lipinski definition) is 6. The zero-order valence-electron chi connectivity index (χ0n) is 27.0. The summed E-state index contributed by atoms with van der Waals surface area (Å²) in [5.41, 5.74) is 8.22. The summed E-state index contributed by atoms with van der Waals surface area (Å²) in [6, 6.07) is 61.7. The van der Waals surface area contributed by atoms with Crippen LogP contribution >= 0.6 is 0 Å². The van der Waals surface area contributed by atoms with Crippen LogP contribution < -0.4 is 9.80 Å². The minimum atomic E-state index is 0.648. The van der Waals surface area contributed by atoms with Gasteiger partial charge in [-0.3, -0.25) is 9.80 Å². The molecule has 236 valence electrons. The summed E-state index contributed by atoms with van der Waals surface area (Å²) in [6.07, 6.45) is 0. The maximum Gasteiger partial charge on any atom is 0.166 e. The summed E-state index contributed by atoms with van der Waals surface area (Å²) in [5, 5.41) is 1.97. The van der Waals surface area contributed by atoms with E-state index in [2.05, 4.69) is 82.6 Å². The number of hydrogen-bond donors (Lipinski definition) is 0. The van der Waals surface area contributed by atoms with Gasteiger partial charge in [-0.1, -0.05) is 109 Å². The van der Waals surface area contributed by atoms with Crippen LogP contribution in [0.3, 0.4) is 0 Å². The Labute approximate surface area is 290 Å². The number of nitrogens with zero attached hydrogens (tertiary/aromatic N) is 6. The van der Waals surface area contributed by atoms with E-state index < -0.39 is 0 Å². The first kappa shape index (κ1) is 29.2. The number of benzene rings is 6. The lowest BCUT2D eigenvalue weighted by molar-refractivity contribution is 1.20. The van der Waals surface area contributed by atoms with E-state index in [9.17, 15) is 0 Å². The van der Waals surface area contributed by atoms with Crippen molar-refractivity contribution in [3.63, 3.8) is 0 Å². The fraction of sp³-hybridized carbons (Fsp3) is 0. The number of aromatic nitrogens is 2. The first-order chi connectivity index (χ1) is 24.8. The molecule has 1 aliphatic rings. The normalized spacial score (nSPS) is 12.2. The van der Waals surface area contributed by atoms with Crippen LogP contribution in [0.5, 0.6) is 0 Å². The molecule has 0 atom stereocenters. The third-order valence-electron chi connectivity index (χ3n) is 8.77. The van der Waals surface area contributed by atoms with Crippen molar-refractivity contribution in [2.45, 2.75) is 0 Å². The second-order valence-corrected chi connectivity index (χ2v) is 12.0. The van der Waals surface area contributed by atoms with Crippen molar-refractivity contribution in [1.29, 1.82) is 0 Å². The van der Waals surface area contributed by atoms with E-state index in [0.29, 0.717) is 34.4 Å². The van der Waals surface area contributed by atoms with Crippen LogP contribution in [0.25, 0.3) is 21.8 Å². The largest absolute Gasteiger partial charge is 0.293 e. The topological polar surface area (TPSA) is 57.0 Å². The van der Waals surface area contributed by atoms with Crippen LogP contribution in [0.15, 0.2) is 192 Å². The van der Waals surface area contributed by atoms with Gasteiger partial charge in [-0.05, 0) is 72.8 Å². The monoisotopic (exact) mass is 642 g/mol. The molecule has 0 saturated heterocycles. The Morgan fingerprint density at radius 1 is 0.320 bits per heavy atom. The van der Waals surface area contributed by atoms with Crippen molar-refractivity contribution in [3.8, 4) is 0 Å². The van der Waals surface area contributed by atoms with Crippen molar-refractivity contribution in [2.75, 3.05) is 9.80 Å². The van der Waals surface area contributed by atoms with Crippen LogP contribution in [0, 0.1) is 0 Å². The van der Waals surface area contributed by atoms with Crippen molar-refractivity contribution in [1.82, 2.24) is 9.97 Å². The van der Waals surface area contributed by atoms with Gasteiger partial charge in [-0.2, -0.15) is 0 Å². The van der Waals surface area contributed by atoms with Crippen LogP contribution in [0.4, 0.5) is 34.1 Å². The highest BCUT2D eigenvalue weighted by atomic mass is 15.2. The molecule has 0 unspecified atom stereocenters. The number of fused-ring (bicyclic) bond motifs is 4. The molecule has 6 heteroatoms. The minimum absolute atomic E-state index is 0.648. The summed E-state index contributed by atoms with van der Waals surface area (Å²) in [4.78, 5) is 26.1. The number of amidine groups is 2. The zero-order valence-corrected chi connectivity index (χ0v) is 27.0. The molecule has 0 N–H and O–H groups in total. The average Bonchev–Trinajstić information content (AvgIpc) is 3.18. The molecule has 0 radical (unpaired) electrons. The van der Waals surface area contributed by atoms with E-state index in [-0.39, 0.29) is 0 Å². The standard InChI is InChI=1S/C44H30N6/c1-5-19-33(20-6-1)49(34-21-7-2-8-22-34)43-41-39(29-31-17-13-15-27-37(31)45-41)48-44(42-40(47-43)30-32-18-14-16-28-38(32)46-42)50(35-23-9-3-10-24-35)36-25-11-4-12-26-36/h1-30H. The first-order valence-corrected chi connectivity index (χ1v) is 16.6. The van der Waals surface area contributed by atoms with Crippen molar-refractivity contribution >= 4 is 67.6 Å². The lowest BCUT2D eigenvalue weighted by Crippen LogP contribution is -2.31. The van der Waals surface area contributed by atoms with Gasteiger partial charge in [0.15, 0.2) is 11.7 Å². The number of anilines is 4. The molecule has 50 heavy (non-hydrogen) atoms. The maximum absolute atomic E-state index is 5.58. The average molecular weight is 643 g/mol. The Bertz CT molecular complexity index is 2270. The molecule has 3 heterocycles. The summed E-state index contributed by atoms with van der Waals surface area (Å²) in [5.74, 6) is 1.30. The zero-order chi connectivity index (χ0) is 33.3. The Morgan fingerprint density at radius 3 is 0.960 bits per heavy atom. The molecule has 0 bridgehead atoms. The van der Waals surface area contributed by atoms with E-state index in [1.165, 1.54) is 0 Å². The predicted molar refractivity (Wildman–Crippen MR) is 206 cm³/mol. The number of aliphatic imine (C=N–C) groups is 2. The third-order valence-corrected chi connectivity index (χ3v) is 8.77. The van der Waals surface area contributed by atoms with Crippen LogP contribution in [-0.2, 0) is 0 Å². The van der Waals surface area contributed by atoms with Crippen LogP contribution in [-0.4, -0.2) is 21.6 Å². The van der Waals surface area contributed by atoms with Crippen molar-refractivity contribution < 1.29 is 0 Å². The fourth-order valence-corrected chi connectivity index (χ4v) is 6.45. The van der Waals surface area contributed by atoms with E-state index >= 15 is 0 Å². The second kappa shape index (κ2) is 12.6. The van der Waals surface area contributed by atoms with Crippen LogP contribution in [0.2, 0.25) is 0 Å². The second-order valence-electron chi connectivity index (χ2n) is 12.0. The van der Waals surface area contributed by atoms with E-state index in [0.717, 1.165) is 44.6 Å². The molecule has 8 aromatic rings. The Kier molecular flexibility index (Phi) is 7.37. The first-order valence-electron chi connectivity index (χ1n) is 16.6. The molecule has 0 spiro atoms. The van der Waals surface area contributed by atoms with Gasteiger partial charge < -0.3 is 0 Å². The molecule has 2 aromatic heterocycles. The molecule has 9 rings (SSSR count). The molecule has 6 aromatic carbocycles. The SMILES string of the molecule is c1ccc(N(C2=Nc3cc4ccccc4nc3C(N(c3ccccc3)c3ccccc3)=Nc3cc4ccccc4nc32)c2ccccc2)cc1. The van der Waals surface area contributed by atoms with Gasteiger partial charge in [0.25, 0.3) is 0 Å². The van der Waals surface area contributed by atoms with E-state index in [1.54, 1.807) is 0 Å². The molecule has 0 fully saturated rings. The molecule has 6 nitrogen and oxygen atoms in total. The quantitative estimate of drug-likeness (QED) is 0.192. The van der Waals surface area contributed by atoms with Gasteiger partial charge in [-0.15, -0.1) is 0 Å². The molecule has 0 saturated carbocycles. The minimum Gasteiger partial charge on any atom is -0.293 e. The van der Waals surface area contributed by atoms with Crippen LogP contribution in [0.1, 0.15) is 11.4 Å². The van der Waals surface area contributed by atoms with E-state index in [4.69, 9.17) is 20.0 Å². The number of pyridine rings is 2. The molecular formula is C44H30N6. The Hall–Kier alpha value is -6.92.